The Balaban J connectivity index is 3.94. The number of unbranched alkanes of at least 4 members (excludes halogenated alkanes) is 18. The molecule has 0 saturated carbocycles. The van der Waals surface area contributed by atoms with Crippen molar-refractivity contribution in [1.29, 1.82) is 0 Å². The van der Waals surface area contributed by atoms with Gasteiger partial charge in [0.25, 0.3) is 0 Å². The average molecular weight is 805 g/mol. The molecule has 0 aromatic heterocycles. The first kappa shape index (κ1) is 53.5. The Morgan fingerprint density at radius 1 is 0.482 bits per heavy atom. The van der Waals surface area contributed by atoms with Gasteiger partial charge in [0.15, 0.2) is 6.10 Å². The van der Waals surface area contributed by atoms with Gasteiger partial charge < -0.3 is 19.3 Å². The summed E-state index contributed by atoms with van der Waals surface area (Å²) in [6.45, 7) is 3.54. The minimum atomic E-state index is -4.77. The lowest BCUT2D eigenvalue weighted by Gasteiger charge is -2.18. The minimum absolute atomic E-state index is 0.180. The van der Waals surface area contributed by atoms with E-state index >= 15 is 0 Å². The number of hydrogen-bond donors (Lipinski definition) is 2. The van der Waals surface area contributed by atoms with Crippen LogP contribution in [0.15, 0.2) is 72.9 Å². The zero-order valence-electron chi connectivity index (χ0n) is 35.5. The van der Waals surface area contributed by atoms with Gasteiger partial charge in [-0.05, 0) is 83.5 Å². The zero-order valence-corrected chi connectivity index (χ0v) is 36.4. The summed E-state index contributed by atoms with van der Waals surface area (Å²) in [5.74, 6) is -0.920. The maximum Gasteiger partial charge on any atom is 0.469 e. The molecule has 1 atom stereocenters. The second-order valence-electron chi connectivity index (χ2n) is 14.6. The number of phosphoric ester groups is 1. The van der Waals surface area contributed by atoms with Gasteiger partial charge in [0.2, 0.25) is 0 Å². The Bertz CT molecular complexity index is 1130. The van der Waals surface area contributed by atoms with Gasteiger partial charge in [-0.15, -0.1) is 0 Å². The predicted molar refractivity (Wildman–Crippen MR) is 234 cm³/mol. The van der Waals surface area contributed by atoms with E-state index in [-0.39, 0.29) is 19.4 Å². The summed E-state index contributed by atoms with van der Waals surface area (Å²) in [4.78, 5) is 42.9. The molecule has 0 saturated heterocycles. The first-order valence-electron chi connectivity index (χ1n) is 22.2. The second kappa shape index (κ2) is 42.1. The fourth-order valence-electron chi connectivity index (χ4n) is 5.92. The molecule has 8 nitrogen and oxygen atoms in total. The van der Waals surface area contributed by atoms with Crippen LogP contribution >= 0.6 is 7.82 Å². The Labute approximate surface area is 342 Å². The van der Waals surface area contributed by atoms with E-state index in [0.717, 1.165) is 83.5 Å². The van der Waals surface area contributed by atoms with E-state index in [1.165, 1.54) is 70.6 Å². The molecule has 0 rings (SSSR count). The maximum absolute atomic E-state index is 12.4. The van der Waals surface area contributed by atoms with Gasteiger partial charge in [0, 0.05) is 12.8 Å². The van der Waals surface area contributed by atoms with Crippen LogP contribution in [0, 0.1) is 0 Å². The Morgan fingerprint density at radius 2 is 0.857 bits per heavy atom. The van der Waals surface area contributed by atoms with Crippen LogP contribution in [0.4, 0.5) is 0 Å². The number of carbonyl (C=O) groups excluding carboxylic acids is 2. The third kappa shape index (κ3) is 44.2. The SMILES string of the molecule is CC/C=C\C/C=C\C/C=C\C/C=C\CCCCCCC(=O)OC(COC(=O)CCCCCCCCCCC/C=C\C/C=C\CCCCCCC)COP(=O)(O)O. The fraction of sp³-hybridized carbons (Fsp3) is 0.702. The molecule has 0 spiro atoms. The first-order chi connectivity index (χ1) is 27.3. The predicted octanol–water partition coefficient (Wildman–Crippen LogP) is 13.9. The lowest BCUT2D eigenvalue weighted by Crippen LogP contribution is -2.29. The van der Waals surface area contributed by atoms with Crippen LogP contribution in [-0.2, 0) is 28.2 Å². The Morgan fingerprint density at radius 3 is 1.29 bits per heavy atom. The molecule has 1 unspecified atom stereocenters. The summed E-state index contributed by atoms with van der Waals surface area (Å²) < 4.78 is 26.4. The average Bonchev–Trinajstić information content (AvgIpc) is 3.17. The molecule has 0 aliphatic carbocycles. The molecular weight excluding hydrogens is 723 g/mol. The fourth-order valence-corrected chi connectivity index (χ4v) is 6.28. The normalized spacial score (nSPS) is 13.1. The van der Waals surface area contributed by atoms with Gasteiger partial charge in [-0.3, -0.25) is 14.1 Å². The second-order valence-corrected chi connectivity index (χ2v) is 15.9. The highest BCUT2D eigenvalue weighted by atomic mass is 31.2. The van der Waals surface area contributed by atoms with Crippen molar-refractivity contribution >= 4 is 19.8 Å². The number of allylic oxidation sites excluding steroid dienone is 12. The molecule has 0 aliphatic heterocycles. The number of ether oxygens (including phenoxy) is 2. The van der Waals surface area contributed by atoms with E-state index in [2.05, 4.69) is 91.3 Å². The van der Waals surface area contributed by atoms with E-state index in [1.807, 2.05) is 0 Å². The van der Waals surface area contributed by atoms with Crippen LogP contribution in [0.3, 0.4) is 0 Å². The summed E-state index contributed by atoms with van der Waals surface area (Å²) in [6, 6.07) is 0. The van der Waals surface area contributed by atoms with Crippen molar-refractivity contribution in [3.63, 3.8) is 0 Å². The molecule has 0 bridgehead atoms. The molecule has 9 heteroatoms. The van der Waals surface area contributed by atoms with Gasteiger partial charge >= 0.3 is 19.8 Å². The van der Waals surface area contributed by atoms with E-state index in [4.69, 9.17) is 19.3 Å². The standard InChI is InChI=1S/C47H81O8P/c1-3-5-7-9-11-13-15-17-19-21-22-23-24-26-27-29-31-33-35-37-39-41-46(48)53-43-45(44-54-56(50,51)52)55-47(49)42-40-38-36-34-32-30-28-25-20-18-16-14-12-10-8-6-4-2/h6,8,12,14-15,17-18,20-22,28,30,45H,3-5,7,9-11,13,16,19,23-27,29,31-44H2,1-2H3,(H2,50,51,52)/b8-6-,14-12-,17-15-,20-18-,22-21-,30-28-. The van der Waals surface area contributed by atoms with E-state index in [9.17, 15) is 14.2 Å². The summed E-state index contributed by atoms with van der Waals surface area (Å²) in [5.41, 5.74) is 0. The summed E-state index contributed by atoms with van der Waals surface area (Å²) in [6.07, 6.45) is 54.8. The largest absolute Gasteiger partial charge is 0.469 e. The third-order valence-corrected chi connectivity index (χ3v) is 9.69. The van der Waals surface area contributed by atoms with E-state index in [0.29, 0.717) is 12.8 Å². The highest BCUT2D eigenvalue weighted by molar-refractivity contribution is 7.46. The molecule has 322 valence electrons. The zero-order chi connectivity index (χ0) is 41.1. The smallest absolute Gasteiger partial charge is 0.462 e. The van der Waals surface area contributed by atoms with Gasteiger partial charge in [-0.25, -0.2) is 4.57 Å². The van der Waals surface area contributed by atoms with Crippen molar-refractivity contribution in [2.45, 2.75) is 200 Å². The number of phosphoric acid groups is 1. The monoisotopic (exact) mass is 805 g/mol. The highest BCUT2D eigenvalue weighted by Crippen LogP contribution is 2.36. The molecule has 0 radical (unpaired) electrons. The lowest BCUT2D eigenvalue weighted by molar-refractivity contribution is -0.161. The number of esters is 2. The van der Waals surface area contributed by atoms with Crippen LogP contribution in [0.5, 0.6) is 0 Å². The minimum Gasteiger partial charge on any atom is -0.462 e. The highest BCUT2D eigenvalue weighted by Gasteiger charge is 2.22. The summed E-state index contributed by atoms with van der Waals surface area (Å²) >= 11 is 0. The summed E-state index contributed by atoms with van der Waals surface area (Å²) in [7, 11) is -4.77. The number of rotatable bonds is 40. The Kier molecular flexibility index (Phi) is 40.2. The van der Waals surface area contributed by atoms with Crippen molar-refractivity contribution < 1.29 is 37.9 Å². The van der Waals surface area contributed by atoms with Crippen LogP contribution in [0.25, 0.3) is 0 Å². The van der Waals surface area contributed by atoms with Crippen LogP contribution in [0.2, 0.25) is 0 Å². The first-order valence-corrected chi connectivity index (χ1v) is 23.8. The van der Waals surface area contributed by atoms with Gasteiger partial charge in [0.05, 0.1) is 6.61 Å². The molecule has 0 aromatic rings. The van der Waals surface area contributed by atoms with Crippen molar-refractivity contribution in [1.82, 2.24) is 0 Å². The lowest BCUT2D eigenvalue weighted by atomic mass is 10.1. The molecule has 0 heterocycles. The van der Waals surface area contributed by atoms with Crippen molar-refractivity contribution in [2.24, 2.45) is 0 Å². The molecule has 0 aliphatic rings. The van der Waals surface area contributed by atoms with Gasteiger partial charge in [0.1, 0.15) is 6.61 Å². The van der Waals surface area contributed by atoms with E-state index in [1.54, 1.807) is 0 Å². The van der Waals surface area contributed by atoms with Crippen molar-refractivity contribution in [3.05, 3.63) is 72.9 Å². The van der Waals surface area contributed by atoms with Crippen LogP contribution in [-0.4, -0.2) is 41.0 Å². The van der Waals surface area contributed by atoms with Crippen molar-refractivity contribution in [3.8, 4) is 0 Å². The Hall–Kier alpha value is -2.51. The molecule has 0 amide bonds. The van der Waals surface area contributed by atoms with Crippen LogP contribution < -0.4 is 0 Å². The quantitative estimate of drug-likeness (QED) is 0.0272. The topological polar surface area (TPSA) is 119 Å². The van der Waals surface area contributed by atoms with Crippen molar-refractivity contribution in [2.75, 3.05) is 13.2 Å². The molecule has 56 heavy (non-hydrogen) atoms. The van der Waals surface area contributed by atoms with Gasteiger partial charge in [-0.2, -0.15) is 0 Å². The molecule has 0 aromatic carbocycles. The van der Waals surface area contributed by atoms with Gasteiger partial charge in [-0.1, -0.05) is 170 Å². The van der Waals surface area contributed by atoms with E-state index < -0.39 is 32.5 Å². The van der Waals surface area contributed by atoms with Crippen LogP contribution in [0.1, 0.15) is 194 Å². The molecule has 2 N–H and O–H groups in total. The molecular formula is C47H81O8P. The third-order valence-electron chi connectivity index (χ3n) is 9.21. The summed E-state index contributed by atoms with van der Waals surface area (Å²) in [5, 5.41) is 0. The number of hydrogen-bond acceptors (Lipinski definition) is 6. The number of carbonyl (C=O) groups is 2. The molecule has 0 fully saturated rings. The maximum atomic E-state index is 12.4.